The summed E-state index contributed by atoms with van der Waals surface area (Å²) in [5.74, 6) is 1.24. The predicted molar refractivity (Wildman–Crippen MR) is 118 cm³/mol. The first-order valence-electron chi connectivity index (χ1n) is 9.24. The average Bonchev–Trinajstić information content (AvgIpc) is 3.36. The van der Waals surface area contributed by atoms with E-state index in [4.69, 9.17) is 4.98 Å². The highest BCUT2D eigenvalue weighted by Gasteiger charge is 2.21. The van der Waals surface area contributed by atoms with Gasteiger partial charge in [-0.1, -0.05) is 6.58 Å². The van der Waals surface area contributed by atoms with Crippen LogP contribution in [-0.4, -0.2) is 38.4 Å². The molecule has 0 aliphatic carbocycles. The highest BCUT2D eigenvalue weighted by Crippen LogP contribution is 2.32. The molecule has 1 aliphatic heterocycles. The number of fused-ring (bicyclic) bond motifs is 1. The van der Waals surface area contributed by atoms with Crippen molar-refractivity contribution in [3.05, 3.63) is 41.3 Å². The molecule has 0 radical (unpaired) electrons. The van der Waals surface area contributed by atoms with E-state index in [2.05, 4.69) is 37.8 Å². The lowest BCUT2D eigenvalue weighted by Gasteiger charge is -2.23. The van der Waals surface area contributed by atoms with E-state index >= 15 is 0 Å². The zero-order valence-electron chi connectivity index (χ0n) is 16.0. The van der Waals surface area contributed by atoms with Crippen molar-refractivity contribution in [3.8, 4) is 10.4 Å². The molecule has 3 aromatic heterocycles. The van der Waals surface area contributed by atoms with E-state index in [1.54, 1.807) is 11.3 Å². The van der Waals surface area contributed by atoms with Gasteiger partial charge >= 0.3 is 0 Å². The van der Waals surface area contributed by atoms with Gasteiger partial charge < -0.3 is 10.6 Å². The van der Waals surface area contributed by atoms with Crippen molar-refractivity contribution >= 4 is 40.5 Å². The van der Waals surface area contributed by atoms with E-state index in [9.17, 15) is 0 Å². The minimum Gasteiger partial charge on any atom is -0.334 e. The Balaban J connectivity index is 1.75. The summed E-state index contributed by atoms with van der Waals surface area (Å²) in [6, 6.07) is 2.09. The normalized spacial score (nSPS) is 16.9. The molecule has 0 spiro atoms. The van der Waals surface area contributed by atoms with Crippen molar-refractivity contribution in [2.24, 2.45) is 4.40 Å². The minimum absolute atomic E-state index is 0.389. The van der Waals surface area contributed by atoms with Crippen LogP contribution in [-0.2, 0) is 0 Å². The molecule has 2 N–H and O–H groups in total. The summed E-state index contributed by atoms with van der Waals surface area (Å²) in [7, 11) is 0. The largest absolute Gasteiger partial charge is 0.334 e. The summed E-state index contributed by atoms with van der Waals surface area (Å²) in [6.45, 7) is 10.0. The lowest BCUT2D eigenvalue weighted by molar-refractivity contribution is 0.455. The summed E-state index contributed by atoms with van der Waals surface area (Å²) in [5.41, 5.74) is 5.73. The molecule has 1 fully saturated rings. The van der Waals surface area contributed by atoms with Gasteiger partial charge in [0.1, 0.15) is 5.82 Å². The molecule has 1 unspecified atom stereocenters. The molecular weight excluding hydrogens is 390 g/mol. The maximum atomic E-state index is 4.99. The molecule has 0 saturated carbocycles. The number of nitrogens with one attached hydrogen (secondary N) is 2. The van der Waals surface area contributed by atoms with Crippen LogP contribution in [0.4, 0.5) is 5.82 Å². The number of aromatic nitrogens is 4. The average molecular weight is 414 g/mol. The van der Waals surface area contributed by atoms with Gasteiger partial charge in [-0.05, 0) is 33.2 Å². The Kier molecular flexibility index (Phi) is 5.74. The van der Waals surface area contributed by atoms with E-state index in [0.29, 0.717) is 5.92 Å². The van der Waals surface area contributed by atoms with Crippen molar-refractivity contribution < 1.29 is 0 Å². The summed E-state index contributed by atoms with van der Waals surface area (Å²) in [5, 5.41) is 12.2. The lowest BCUT2D eigenvalue weighted by Crippen LogP contribution is -2.29. The number of hydrogen-bond donors (Lipinski definition) is 2. The molecule has 1 aliphatic rings. The van der Waals surface area contributed by atoms with Gasteiger partial charge in [0.25, 0.3) is 0 Å². The molecule has 0 amide bonds. The molecule has 1 atom stereocenters. The van der Waals surface area contributed by atoms with E-state index in [0.717, 1.165) is 64.3 Å². The molecule has 7 nitrogen and oxygen atoms in total. The number of thiazole rings is 1. The molecule has 0 aromatic carbocycles. The number of nitrogens with zero attached hydrogens (tertiary/aromatic N) is 5. The fraction of sp³-hybridized carbons (Fsp3) is 0.368. The lowest BCUT2D eigenvalue weighted by atomic mass is 9.96. The molecule has 3 aromatic rings. The first-order valence-corrected chi connectivity index (χ1v) is 10.9. The smallest absolute Gasteiger partial charge is 0.166 e. The zero-order valence-corrected chi connectivity index (χ0v) is 17.6. The van der Waals surface area contributed by atoms with Gasteiger partial charge in [-0.25, -0.2) is 9.38 Å². The number of anilines is 1. The van der Waals surface area contributed by atoms with Crippen LogP contribution in [0.5, 0.6) is 0 Å². The topological polar surface area (TPSA) is 79.5 Å². The van der Waals surface area contributed by atoms with Crippen LogP contribution >= 0.6 is 23.3 Å². The summed E-state index contributed by atoms with van der Waals surface area (Å²) in [6.07, 6.45) is 6.01. The van der Waals surface area contributed by atoms with Crippen LogP contribution in [0.25, 0.3) is 16.1 Å². The van der Waals surface area contributed by atoms with Gasteiger partial charge in [-0.2, -0.15) is 9.61 Å². The second-order valence-corrected chi connectivity index (χ2v) is 8.69. The third-order valence-electron chi connectivity index (χ3n) is 4.51. The minimum atomic E-state index is 0.389. The number of piperidine rings is 1. The Bertz CT molecular complexity index is 997. The Morgan fingerprint density at radius 3 is 3.04 bits per heavy atom. The molecule has 28 heavy (non-hydrogen) atoms. The van der Waals surface area contributed by atoms with Gasteiger partial charge in [-0.3, -0.25) is 4.98 Å². The van der Waals surface area contributed by atoms with Crippen LogP contribution in [0, 0.1) is 0 Å². The van der Waals surface area contributed by atoms with E-state index < -0.39 is 0 Å². The first kappa shape index (κ1) is 19.1. The monoisotopic (exact) mass is 413 g/mol. The van der Waals surface area contributed by atoms with Crippen molar-refractivity contribution in [3.63, 3.8) is 0 Å². The van der Waals surface area contributed by atoms with Gasteiger partial charge in [0.2, 0.25) is 0 Å². The van der Waals surface area contributed by atoms with Gasteiger partial charge in [-0.15, -0.1) is 11.3 Å². The quantitative estimate of drug-likeness (QED) is 0.462. The van der Waals surface area contributed by atoms with E-state index in [-0.39, 0.29) is 0 Å². The van der Waals surface area contributed by atoms with Crippen LogP contribution in [0.2, 0.25) is 0 Å². The highest BCUT2D eigenvalue weighted by atomic mass is 32.2. The Labute approximate surface area is 172 Å². The van der Waals surface area contributed by atoms with Crippen molar-refractivity contribution in [2.75, 3.05) is 18.4 Å². The molecule has 9 heteroatoms. The van der Waals surface area contributed by atoms with Crippen LogP contribution < -0.4 is 10.6 Å². The van der Waals surface area contributed by atoms with Gasteiger partial charge in [0.15, 0.2) is 5.65 Å². The Morgan fingerprint density at radius 2 is 2.32 bits per heavy atom. The zero-order chi connectivity index (χ0) is 19.5. The van der Waals surface area contributed by atoms with Gasteiger partial charge in [0, 0.05) is 42.4 Å². The standard InChI is InChI=1S/C19H23N7S2/c1-12(2)25-28-13(3)23-18-7-16(14-5-4-6-20-8-14)24-19-15(9-22-26(18)19)17-10-21-11-27-17/h7,9-11,14,20,23H,3-6,8H2,1-2H3. The maximum absolute atomic E-state index is 4.99. The van der Waals surface area contributed by atoms with Crippen LogP contribution in [0.3, 0.4) is 0 Å². The van der Waals surface area contributed by atoms with Crippen molar-refractivity contribution in [1.82, 2.24) is 24.9 Å². The number of rotatable bonds is 6. The van der Waals surface area contributed by atoms with Crippen LogP contribution in [0.1, 0.15) is 38.3 Å². The highest BCUT2D eigenvalue weighted by molar-refractivity contribution is 8.02. The molecule has 146 valence electrons. The second-order valence-electron chi connectivity index (χ2n) is 6.95. The van der Waals surface area contributed by atoms with Gasteiger partial charge in [0.05, 0.1) is 32.9 Å². The fourth-order valence-corrected chi connectivity index (χ4v) is 4.29. The maximum Gasteiger partial charge on any atom is 0.166 e. The SMILES string of the molecule is C=C(Nc1cc(C2CCCNC2)nc2c(-c3cncs3)cnn12)SN=C(C)C. The molecule has 4 heterocycles. The second kappa shape index (κ2) is 8.42. The third-order valence-corrected chi connectivity index (χ3v) is 6.10. The molecule has 0 bridgehead atoms. The predicted octanol–water partition coefficient (Wildman–Crippen LogP) is 4.33. The molecule has 4 rings (SSSR count). The van der Waals surface area contributed by atoms with Crippen molar-refractivity contribution in [2.45, 2.75) is 32.6 Å². The van der Waals surface area contributed by atoms with Crippen molar-refractivity contribution in [1.29, 1.82) is 0 Å². The summed E-state index contributed by atoms with van der Waals surface area (Å²) >= 11 is 2.93. The first-order chi connectivity index (χ1) is 13.6. The van der Waals surface area contributed by atoms with E-state index in [1.807, 2.05) is 36.3 Å². The molecular formula is C19H23N7S2. The summed E-state index contributed by atoms with van der Waals surface area (Å²) in [4.78, 5) is 10.3. The number of hydrogen-bond acceptors (Lipinski definition) is 8. The Hall–Kier alpha value is -2.23. The summed E-state index contributed by atoms with van der Waals surface area (Å²) < 4.78 is 6.20. The Morgan fingerprint density at radius 1 is 1.43 bits per heavy atom. The van der Waals surface area contributed by atoms with Crippen LogP contribution in [0.15, 0.2) is 40.0 Å². The van der Waals surface area contributed by atoms with E-state index in [1.165, 1.54) is 11.9 Å². The fourth-order valence-electron chi connectivity index (χ4n) is 3.22. The third kappa shape index (κ3) is 4.11. The molecule has 1 saturated heterocycles.